The molecule has 1 atom stereocenters. The molecule has 0 aromatic heterocycles. The van der Waals surface area contributed by atoms with E-state index >= 15 is 0 Å². The first-order chi connectivity index (χ1) is 8.84. The molecule has 0 bridgehead atoms. The molecule has 1 rings (SSSR count). The Hall–Kier alpha value is -1.40. The van der Waals surface area contributed by atoms with E-state index in [0.29, 0.717) is 13.1 Å². The summed E-state index contributed by atoms with van der Waals surface area (Å²) in [5.74, 6) is -0.405. The van der Waals surface area contributed by atoms with Crippen LogP contribution in [0.2, 0.25) is 0 Å². The highest BCUT2D eigenvalue weighted by molar-refractivity contribution is 9.10. The summed E-state index contributed by atoms with van der Waals surface area (Å²) in [6, 6.07) is 7.28. The molecule has 0 saturated heterocycles. The van der Waals surface area contributed by atoms with Crippen LogP contribution in [0.25, 0.3) is 0 Å². The van der Waals surface area contributed by atoms with Crippen molar-refractivity contribution in [2.45, 2.75) is 19.4 Å². The van der Waals surface area contributed by atoms with Crippen molar-refractivity contribution in [2.24, 2.45) is 5.73 Å². The lowest BCUT2D eigenvalue weighted by Crippen LogP contribution is -2.50. The van der Waals surface area contributed by atoms with Gasteiger partial charge in [-0.2, -0.15) is 0 Å². The van der Waals surface area contributed by atoms with Crippen LogP contribution in [0.1, 0.15) is 19.4 Å². The van der Waals surface area contributed by atoms with Crippen molar-refractivity contribution in [3.05, 3.63) is 34.3 Å². The lowest BCUT2D eigenvalue weighted by Gasteiger charge is -2.24. The molecule has 4 N–H and O–H groups in total. The van der Waals surface area contributed by atoms with E-state index in [1.165, 1.54) is 6.92 Å². The average molecular weight is 328 g/mol. The van der Waals surface area contributed by atoms with Gasteiger partial charge in [-0.1, -0.05) is 28.1 Å². The minimum Gasteiger partial charge on any atom is -0.355 e. The number of benzene rings is 1. The van der Waals surface area contributed by atoms with E-state index in [1.807, 2.05) is 12.1 Å². The van der Waals surface area contributed by atoms with Crippen LogP contribution in [0.4, 0.5) is 0 Å². The first-order valence-electron chi connectivity index (χ1n) is 5.91. The van der Waals surface area contributed by atoms with Crippen molar-refractivity contribution in [1.82, 2.24) is 10.6 Å². The Morgan fingerprint density at radius 2 is 1.74 bits per heavy atom. The number of hydrogen-bond donors (Lipinski definition) is 3. The maximum absolute atomic E-state index is 12.0. The number of halogens is 1. The number of rotatable bonds is 5. The zero-order valence-electron chi connectivity index (χ0n) is 11.0. The minimum absolute atomic E-state index is 0.127. The van der Waals surface area contributed by atoms with Crippen LogP contribution in [0, 0.1) is 0 Å². The molecule has 104 valence electrons. The normalized spacial score (nSPS) is 13.5. The van der Waals surface area contributed by atoms with E-state index < -0.39 is 5.54 Å². The fourth-order valence-corrected chi connectivity index (χ4v) is 1.79. The highest BCUT2D eigenvalue weighted by atomic mass is 79.9. The third-order valence-electron chi connectivity index (χ3n) is 2.70. The molecule has 1 aromatic rings. The Kier molecular flexibility index (Phi) is 5.50. The molecule has 19 heavy (non-hydrogen) atoms. The van der Waals surface area contributed by atoms with Crippen molar-refractivity contribution in [2.75, 3.05) is 13.1 Å². The summed E-state index contributed by atoms with van der Waals surface area (Å²) in [5.41, 5.74) is 5.69. The molecule has 0 radical (unpaired) electrons. The summed E-state index contributed by atoms with van der Waals surface area (Å²) in [6.45, 7) is 3.82. The molecular formula is C13H18BrN3O2. The molecule has 0 aliphatic heterocycles. The Balaban J connectivity index is 2.58. The molecule has 0 spiro atoms. The lowest BCUT2D eigenvalue weighted by molar-refractivity contribution is -0.126. The SMILES string of the molecule is CC(=O)NCCNC(=O)C(C)(N)c1ccc(Br)cc1. The second kappa shape index (κ2) is 6.68. The van der Waals surface area contributed by atoms with E-state index in [0.717, 1.165) is 10.0 Å². The molecule has 0 aliphatic rings. The molecule has 5 nitrogen and oxygen atoms in total. The Labute approximate surface area is 121 Å². The van der Waals surface area contributed by atoms with Gasteiger partial charge in [-0.3, -0.25) is 9.59 Å². The van der Waals surface area contributed by atoms with Gasteiger partial charge in [0.15, 0.2) is 0 Å². The van der Waals surface area contributed by atoms with Gasteiger partial charge in [0.25, 0.3) is 0 Å². The second-order valence-corrected chi connectivity index (χ2v) is 5.36. The number of nitrogens with one attached hydrogen (secondary N) is 2. The van der Waals surface area contributed by atoms with E-state index in [1.54, 1.807) is 19.1 Å². The maximum Gasteiger partial charge on any atom is 0.244 e. The summed E-state index contributed by atoms with van der Waals surface area (Å²) >= 11 is 3.33. The minimum atomic E-state index is -1.10. The fraction of sp³-hybridized carbons (Fsp3) is 0.385. The lowest BCUT2D eigenvalue weighted by atomic mass is 9.92. The monoisotopic (exact) mass is 327 g/mol. The van der Waals surface area contributed by atoms with Gasteiger partial charge in [-0.15, -0.1) is 0 Å². The van der Waals surface area contributed by atoms with E-state index in [-0.39, 0.29) is 11.8 Å². The molecule has 0 saturated carbocycles. The second-order valence-electron chi connectivity index (χ2n) is 4.45. The largest absolute Gasteiger partial charge is 0.355 e. The highest BCUT2D eigenvalue weighted by Gasteiger charge is 2.29. The van der Waals surface area contributed by atoms with Crippen molar-refractivity contribution >= 4 is 27.7 Å². The predicted molar refractivity (Wildman–Crippen MR) is 77.4 cm³/mol. The summed E-state index contributed by atoms with van der Waals surface area (Å²) in [7, 11) is 0. The van der Waals surface area contributed by atoms with Gasteiger partial charge in [0.1, 0.15) is 5.54 Å². The summed E-state index contributed by atoms with van der Waals surface area (Å²) < 4.78 is 0.929. The van der Waals surface area contributed by atoms with Gasteiger partial charge >= 0.3 is 0 Å². The van der Waals surface area contributed by atoms with Crippen LogP contribution in [0.3, 0.4) is 0 Å². The Morgan fingerprint density at radius 1 is 1.21 bits per heavy atom. The number of hydrogen-bond acceptors (Lipinski definition) is 3. The van der Waals surface area contributed by atoms with Gasteiger partial charge in [-0.05, 0) is 24.6 Å². The van der Waals surface area contributed by atoms with Gasteiger partial charge in [-0.25, -0.2) is 0 Å². The average Bonchev–Trinajstić information content (AvgIpc) is 2.34. The van der Waals surface area contributed by atoms with Crippen LogP contribution < -0.4 is 16.4 Å². The quantitative estimate of drug-likeness (QED) is 0.702. The third kappa shape index (κ3) is 4.65. The molecule has 0 heterocycles. The zero-order chi connectivity index (χ0) is 14.5. The molecule has 2 amide bonds. The van der Waals surface area contributed by atoms with Crippen molar-refractivity contribution in [3.8, 4) is 0 Å². The fourth-order valence-electron chi connectivity index (χ4n) is 1.53. The van der Waals surface area contributed by atoms with Crippen LogP contribution in [0.5, 0.6) is 0 Å². The number of carbonyl (C=O) groups is 2. The summed E-state index contributed by atoms with van der Waals surface area (Å²) in [4.78, 5) is 22.7. The van der Waals surface area contributed by atoms with Crippen molar-refractivity contribution < 1.29 is 9.59 Å². The van der Waals surface area contributed by atoms with Crippen molar-refractivity contribution in [3.63, 3.8) is 0 Å². The molecular weight excluding hydrogens is 310 g/mol. The van der Waals surface area contributed by atoms with Crippen LogP contribution in [-0.4, -0.2) is 24.9 Å². The molecule has 0 aliphatic carbocycles. The van der Waals surface area contributed by atoms with Gasteiger partial charge < -0.3 is 16.4 Å². The third-order valence-corrected chi connectivity index (χ3v) is 3.23. The van der Waals surface area contributed by atoms with E-state index in [2.05, 4.69) is 26.6 Å². The van der Waals surface area contributed by atoms with Crippen molar-refractivity contribution in [1.29, 1.82) is 0 Å². The smallest absolute Gasteiger partial charge is 0.244 e. The Morgan fingerprint density at radius 3 is 2.26 bits per heavy atom. The van der Waals surface area contributed by atoms with E-state index in [9.17, 15) is 9.59 Å². The van der Waals surface area contributed by atoms with Crippen LogP contribution >= 0.6 is 15.9 Å². The number of nitrogens with two attached hydrogens (primary N) is 1. The summed E-state index contributed by atoms with van der Waals surface area (Å²) in [5, 5.41) is 5.30. The number of amides is 2. The topological polar surface area (TPSA) is 84.2 Å². The van der Waals surface area contributed by atoms with Crippen LogP contribution in [0.15, 0.2) is 28.7 Å². The molecule has 1 aromatic carbocycles. The standard InChI is InChI=1S/C13H18BrN3O2/c1-9(18)16-7-8-17-12(19)13(2,15)10-3-5-11(14)6-4-10/h3-6H,7-8,15H2,1-2H3,(H,16,18)(H,17,19). The Bertz CT molecular complexity index is 457. The first kappa shape index (κ1) is 15.7. The zero-order valence-corrected chi connectivity index (χ0v) is 12.6. The van der Waals surface area contributed by atoms with Crippen LogP contribution in [-0.2, 0) is 15.1 Å². The molecule has 0 fully saturated rings. The highest BCUT2D eigenvalue weighted by Crippen LogP contribution is 2.20. The van der Waals surface area contributed by atoms with E-state index in [4.69, 9.17) is 5.73 Å². The predicted octanol–water partition coefficient (Wildman–Crippen LogP) is 0.875. The molecule has 6 heteroatoms. The molecule has 1 unspecified atom stereocenters. The van der Waals surface area contributed by atoms with Gasteiger partial charge in [0, 0.05) is 24.5 Å². The number of carbonyl (C=O) groups excluding carboxylic acids is 2. The maximum atomic E-state index is 12.0. The first-order valence-corrected chi connectivity index (χ1v) is 6.71. The van der Waals surface area contributed by atoms with Gasteiger partial charge in [0.05, 0.1) is 0 Å². The summed E-state index contributed by atoms with van der Waals surface area (Å²) in [6.07, 6.45) is 0. The van der Waals surface area contributed by atoms with Gasteiger partial charge in [0.2, 0.25) is 11.8 Å².